The summed E-state index contributed by atoms with van der Waals surface area (Å²) in [6.07, 6.45) is -8.78. The monoisotopic (exact) mass is 435 g/mol. The number of pyridine rings is 1. The number of halogens is 7. The molecule has 1 N–H and O–H groups in total. The molecule has 29 heavy (non-hydrogen) atoms. The number of aromatic nitrogens is 1. The minimum Gasteiger partial charge on any atom is -0.508 e. The molecule has 0 saturated heterocycles. The molecule has 154 valence electrons. The normalized spacial score (nSPS) is 11.4. The summed E-state index contributed by atoms with van der Waals surface area (Å²) in [6, 6.07) is 13.1. The number of hydrogen-bond donors (Lipinski definition) is 1. The van der Waals surface area contributed by atoms with Gasteiger partial charge in [-0.3, -0.25) is 0 Å². The van der Waals surface area contributed by atoms with Gasteiger partial charge in [-0.2, -0.15) is 26.3 Å². The van der Waals surface area contributed by atoms with Crippen LogP contribution in [-0.2, 0) is 12.4 Å². The van der Waals surface area contributed by atoms with Gasteiger partial charge in [0.05, 0.1) is 11.1 Å². The number of phenols is 1. The van der Waals surface area contributed by atoms with Crippen LogP contribution in [0.2, 0.25) is 5.15 Å². The minimum atomic E-state index is -4.40. The van der Waals surface area contributed by atoms with Crippen molar-refractivity contribution in [1.29, 1.82) is 0 Å². The van der Waals surface area contributed by atoms with Crippen LogP contribution in [0.5, 0.6) is 17.4 Å². The van der Waals surface area contributed by atoms with Crippen molar-refractivity contribution >= 4 is 11.6 Å². The van der Waals surface area contributed by atoms with E-state index in [4.69, 9.17) is 21.4 Å². The Morgan fingerprint density at radius 3 is 1.83 bits per heavy atom. The fourth-order valence-electron chi connectivity index (χ4n) is 1.99. The number of phenolic OH excluding ortho intramolecular Hbond substituents is 1. The largest absolute Gasteiger partial charge is 0.508 e. The van der Waals surface area contributed by atoms with E-state index >= 15 is 0 Å². The third kappa shape index (κ3) is 7.19. The molecule has 0 saturated carbocycles. The van der Waals surface area contributed by atoms with Crippen LogP contribution in [0.1, 0.15) is 11.1 Å². The SMILES string of the molecule is FC(F)(F)c1cccc(Oc2cccc(Cl)n2)c1.Oc1cccc(C(F)(F)F)c1. The Morgan fingerprint density at radius 2 is 1.31 bits per heavy atom. The highest BCUT2D eigenvalue weighted by atomic mass is 35.5. The summed E-state index contributed by atoms with van der Waals surface area (Å²) in [4.78, 5) is 3.82. The van der Waals surface area contributed by atoms with Crippen molar-refractivity contribution in [3.63, 3.8) is 0 Å². The summed E-state index contributed by atoms with van der Waals surface area (Å²) in [5.74, 6) is -0.179. The zero-order valence-electron chi connectivity index (χ0n) is 14.3. The summed E-state index contributed by atoms with van der Waals surface area (Å²) in [6.45, 7) is 0. The lowest BCUT2D eigenvalue weighted by Crippen LogP contribution is -2.04. The van der Waals surface area contributed by atoms with Crippen molar-refractivity contribution in [1.82, 2.24) is 4.98 Å². The number of alkyl halides is 6. The van der Waals surface area contributed by atoms with Gasteiger partial charge in [-0.25, -0.2) is 4.98 Å². The topological polar surface area (TPSA) is 42.4 Å². The molecule has 0 unspecified atom stereocenters. The second-order valence-corrected chi connectivity index (χ2v) is 5.86. The first-order chi connectivity index (χ1) is 13.4. The highest BCUT2D eigenvalue weighted by Gasteiger charge is 2.31. The highest BCUT2D eigenvalue weighted by Crippen LogP contribution is 2.32. The van der Waals surface area contributed by atoms with Crippen molar-refractivity contribution in [2.24, 2.45) is 0 Å². The van der Waals surface area contributed by atoms with E-state index in [1.54, 1.807) is 12.1 Å². The van der Waals surface area contributed by atoms with Crippen LogP contribution in [0.15, 0.2) is 66.7 Å². The molecule has 0 atom stereocenters. The van der Waals surface area contributed by atoms with E-state index < -0.39 is 23.5 Å². The maximum atomic E-state index is 12.5. The van der Waals surface area contributed by atoms with Crippen LogP contribution >= 0.6 is 11.6 Å². The highest BCUT2D eigenvalue weighted by molar-refractivity contribution is 6.29. The smallest absolute Gasteiger partial charge is 0.416 e. The van der Waals surface area contributed by atoms with Crippen molar-refractivity contribution in [2.45, 2.75) is 12.4 Å². The van der Waals surface area contributed by atoms with E-state index in [1.807, 2.05) is 0 Å². The predicted molar refractivity (Wildman–Crippen MR) is 93.9 cm³/mol. The summed E-state index contributed by atoms with van der Waals surface area (Å²) >= 11 is 5.64. The number of ether oxygens (including phenoxy) is 1. The zero-order valence-corrected chi connectivity index (χ0v) is 15.1. The molecule has 0 amide bonds. The van der Waals surface area contributed by atoms with Crippen LogP contribution < -0.4 is 4.74 Å². The second-order valence-electron chi connectivity index (χ2n) is 5.47. The van der Waals surface area contributed by atoms with E-state index in [-0.39, 0.29) is 22.5 Å². The van der Waals surface area contributed by atoms with Gasteiger partial charge in [-0.05, 0) is 42.5 Å². The number of rotatable bonds is 2. The summed E-state index contributed by atoms with van der Waals surface area (Å²) in [7, 11) is 0. The molecule has 3 rings (SSSR count). The third-order valence-electron chi connectivity index (χ3n) is 3.25. The van der Waals surface area contributed by atoms with Gasteiger partial charge in [-0.1, -0.05) is 29.8 Å². The van der Waals surface area contributed by atoms with Crippen LogP contribution in [0.3, 0.4) is 0 Å². The first-order valence-corrected chi connectivity index (χ1v) is 8.17. The molecule has 10 heteroatoms. The van der Waals surface area contributed by atoms with E-state index in [0.717, 1.165) is 24.3 Å². The molecule has 1 heterocycles. The average Bonchev–Trinajstić information content (AvgIpc) is 2.61. The van der Waals surface area contributed by atoms with Crippen molar-refractivity contribution < 1.29 is 36.2 Å². The standard InChI is InChI=1S/C12H7ClF3NO.C7H5F3O/c13-10-5-2-6-11(17-10)18-9-4-1-3-8(7-9)12(14,15)16;8-7(9,10)5-2-1-3-6(11)4-5/h1-7H;1-4,11H. The van der Waals surface area contributed by atoms with Gasteiger partial charge in [0.25, 0.3) is 0 Å². The van der Waals surface area contributed by atoms with Gasteiger partial charge >= 0.3 is 12.4 Å². The fourth-order valence-corrected chi connectivity index (χ4v) is 2.14. The van der Waals surface area contributed by atoms with E-state index in [1.165, 1.54) is 24.3 Å². The molecule has 3 aromatic rings. The van der Waals surface area contributed by atoms with Gasteiger partial charge in [0.15, 0.2) is 0 Å². The molecule has 3 nitrogen and oxygen atoms in total. The minimum absolute atomic E-state index is 0.0552. The first-order valence-electron chi connectivity index (χ1n) is 7.79. The molecule has 2 aromatic carbocycles. The Balaban J connectivity index is 0.000000234. The molecule has 1 aromatic heterocycles. The Kier molecular flexibility index (Phi) is 6.97. The third-order valence-corrected chi connectivity index (χ3v) is 3.46. The zero-order chi connectivity index (χ0) is 21.7. The van der Waals surface area contributed by atoms with Crippen LogP contribution in [0.25, 0.3) is 0 Å². The lowest BCUT2D eigenvalue weighted by molar-refractivity contribution is -0.138. The summed E-state index contributed by atoms with van der Waals surface area (Å²) < 4.78 is 78.2. The van der Waals surface area contributed by atoms with Gasteiger partial charge in [0.2, 0.25) is 5.88 Å². The fraction of sp³-hybridized carbons (Fsp3) is 0.105. The molecule has 0 radical (unpaired) electrons. The van der Waals surface area contributed by atoms with Crippen molar-refractivity contribution in [3.05, 3.63) is 83.0 Å². The maximum Gasteiger partial charge on any atom is 0.416 e. The van der Waals surface area contributed by atoms with E-state index in [2.05, 4.69) is 4.98 Å². The number of aromatic hydroxyl groups is 1. The van der Waals surface area contributed by atoms with Crippen LogP contribution in [0, 0.1) is 0 Å². The van der Waals surface area contributed by atoms with E-state index in [9.17, 15) is 26.3 Å². The second kappa shape index (κ2) is 9.04. The number of hydrogen-bond acceptors (Lipinski definition) is 3. The van der Waals surface area contributed by atoms with Gasteiger partial charge < -0.3 is 9.84 Å². The van der Waals surface area contributed by atoms with Crippen molar-refractivity contribution in [2.75, 3.05) is 0 Å². The molecule has 0 bridgehead atoms. The Morgan fingerprint density at radius 1 is 0.759 bits per heavy atom. The van der Waals surface area contributed by atoms with Crippen molar-refractivity contribution in [3.8, 4) is 17.4 Å². The quantitative estimate of drug-likeness (QED) is 0.349. The summed E-state index contributed by atoms with van der Waals surface area (Å²) in [5, 5.41) is 8.88. The van der Waals surface area contributed by atoms with Crippen LogP contribution in [0.4, 0.5) is 26.3 Å². The predicted octanol–water partition coefficient (Wildman–Crippen LogP) is 6.96. The lowest BCUT2D eigenvalue weighted by atomic mass is 10.2. The number of benzene rings is 2. The Bertz CT molecular complexity index is 960. The maximum absolute atomic E-state index is 12.5. The average molecular weight is 436 g/mol. The van der Waals surface area contributed by atoms with Gasteiger partial charge in [0.1, 0.15) is 16.7 Å². The van der Waals surface area contributed by atoms with E-state index in [0.29, 0.717) is 6.07 Å². The molecule has 0 aliphatic rings. The Hall–Kier alpha value is -2.94. The molecule has 0 aliphatic heterocycles. The molecular formula is C19H12ClF6NO2. The molecular weight excluding hydrogens is 424 g/mol. The first kappa shape index (κ1) is 22.4. The number of nitrogens with zero attached hydrogens (tertiary/aromatic N) is 1. The van der Waals surface area contributed by atoms with Crippen LogP contribution in [-0.4, -0.2) is 10.1 Å². The van der Waals surface area contributed by atoms with Gasteiger partial charge in [0, 0.05) is 6.07 Å². The molecule has 0 fully saturated rings. The Labute approximate surface area is 166 Å². The summed E-state index contributed by atoms with van der Waals surface area (Å²) in [5.41, 5.74) is -1.61. The molecule has 0 aliphatic carbocycles. The van der Waals surface area contributed by atoms with Gasteiger partial charge in [-0.15, -0.1) is 0 Å². The lowest BCUT2D eigenvalue weighted by Gasteiger charge is -2.09. The molecule has 0 spiro atoms.